The molecule has 0 radical (unpaired) electrons. The second-order valence-electron chi connectivity index (χ2n) is 5.47. The maximum Gasteiger partial charge on any atom is 0.170 e. The van der Waals surface area contributed by atoms with Crippen LogP contribution in [0.25, 0.3) is 0 Å². The van der Waals surface area contributed by atoms with Crippen molar-refractivity contribution in [1.29, 1.82) is 0 Å². The van der Waals surface area contributed by atoms with Crippen molar-refractivity contribution in [3.63, 3.8) is 0 Å². The molecule has 0 saturated carbocycles. The summed E-state index contributed by atoms with van der Waals surface area (Å²) >= 11 is 0. The quantitative estimate of drug-likeness (QED) is 0.312. The average molecular weight is 292 g/mol. The predicted octanol–water partition coefficient (Wildman–Crippen LogP) is 0.199. The van der Waals surface area contributed by atoms with E-state index < -0.39 is 0 Å². The molecule has 6 nitrogen and oxygen atoms in total. The van der Waals surface area contributed by atoms with Crippen LogP contribution in [0.1, 0.15) is 16.7 Å². The van der Waals surface area contributed by atoms with E-state index in [1.165, 1.54) is 5.56 Å². The first-order valence-electron chi connectivity index (χ1n) is 7.27. The van der Waals surface area contributed by atoms with E-state index in [-0.39, 0.29) is 12.4 Å². The lowest BCUT2D eigenvalue weighted by molar-refractivity contribution is 0.108. The molecule has 0 bridgehead atoms. The molecular weight excluding hydrogens is 268 g/mol. The molecule has 0 aliphatic carbocycles. The lowest BCUT2D eigenvalue weighted by Gasteiger charge is -2.34. The molecule has 2 rings (SSSR count). The van der Waals surface area contributed by atoms with Gasteiger partial charge in [-0.25, -0.2) is 0 Å². The van der Waals surface area contributed by atoms with Crippen LogP contribution in [0.3, 0.4) is 0 Å². The molecule has 1 aromatic carbocycles. The number of hydrogen-bond acceptors (Lipinski definition) is 5. The average Bonchev–Trinajstić information content (AvgIpc) is 2.50. The Morgan fingerprint density at radius 1 is 1.24 bits per heavy atom. The first-order chi connectivity index (χ1) is 10.1. The van der Waals surface area contributed by atoms with Crippen molar-refractivity contribution in [3.8, 4) is 0 Å². The molecule has 1 aliphatic heterocycles. The highest BCUT2D eigenvalue weighted by atomic mass is 16.4. The molecule has 116 valence electrons. The smallest absolute Gasteiger partial charge is 0.170 e. The molecule has 4 N–H and O–H groups in total. The number of rotatable bonds is 5. The van der Waals surface area contributed by atoms with Gasteiger partial charge in [0.05, 0.1) is 6.61 Å². The Balaban J connectivity index is 1.95. The number of amidine groups is 1. The minimum absolute atomic E-state index is 0.141. The summed E-state index contributed by atoms with van der Waals surface area (Å²) in [5.74, 6) is 0.141. The van der Waals surface area contributed by atoms with Crippen LogP contribution in [-0.4, -0.2) is 65.3 Å². The zero-order valence-electron chi connectivity index (χ0n) is 12.5. The zero-order valence-corrected chi connectivity index (χ0v) is 12.5. The van der Waals surface area contributed by atoms with Crippen LogP contribution in [0.15, 0.2) is 23.4 Å². The van der Waals surface area contributed by atoms with Crippen molar-refractivity contribution >= 4 is 5.84 Å². The Morgan fingerprint density at radius 2 is 1.90 bits per heavy atom. The van der Waals surface area contributed by atoms with Gasteiger partial charge in [-0.2, -0.15) is 0 Å². The number of aryl methyl sites for hydroxylation is 1. The number of aliphatic hydroxyl groups excluding tert-OH is 1. The van der Waals surface area contributed by atoms with Gasteiger partial charge in [0.15, 0.2) is 5.84 Å². The number of piperazine rings is 1. The van der Waals surface area contributed by atoms with E-state index in [4.69, 9.17) is 16.0 Å². The molecule has 0 unspecified atom stereocenters. The van der Waals surface area contributed by atoms with E-state index in [0.717, 1.165) is 50.4 Å². The second-order valence-corrected chi connectivity index (χ2v) is 5.47. The summed E-state index contributed by atoms with van der Waals surface area (Å²) in [6, 6.07) is 5.88. The fourth-order valence-electron chi connectivity index (χ4n) is 2.64. The summed E-state index contributed by atoms with van der Waals surface area (Å²) in [4.78, 5) is 4.70. The van der Waals surface area contributed by atoms with Gasteiger partial charge in [-0.1, -0.05) is 17.3 Å². The van der Waals surface area contributed by atoms with Crippen LogP contribution in [0.4, 0.5) is 0 Å². The van der Waals surface area contributed by atoms with Gasteiger partial charge in [0, 0.05) is 44.8 Å². The number of oxime groups is 1. The Kier molecular flexibility index (Phi) is 5.55. The minimum Gasteiger partial charge on any atom is -0.409 e. The number of nitrogens with two attached hydrogens (primary N) is 1. The first kappa shape index (κ1) is 15.8. The van der Waals surface area contributed by atoms with Gasteiger partial charge in [-0.3, -0.25) is 9.80 Å². The van der Waals surface area contributed by atoms with Gasteiger partial charge >= 0.3 is 0 Å². The van der Waals surface area contributed by atoms with Gasteiger partial charge in [0.25, 0.3) is 0 Å². The summed E-state index contributed by atoms with van der Waals surface area (Å²) in [7, 11) is 0. The van der Waals surface area contributed by atoms with E-state index in [1.807, 2.05) is 25.1 Å². The summed E-state index contributed by atoms with van der Waals surface area (Å²) in [5, 5.41) is 20.7. The van der Waals surface area contributed by atoms with Crippen LogP contribution in [-0.2, 0) is 6.54 Å². The van der Waals surface area contributed by atoms with Crippen molar-refractivity contribution in [2.45, 2.75) is 13.5 Å². The summed E-state index contributed by atoms with van der Waals surface area (Å²) in [5.41, 5.74) is 8.76. The Hall–Kier alpha value is -1.63. The maximum absolute atomic E-state index is 8.95. The van der Waals surface area contributed by atoms with Crippen LogP contribution < -0.4 is 5.73 Å². The molecular formula is C15H24N4O2. The van der Waals surface area contributed by atoms with Crippen molar-refractivity contribution in [1.82, 2.24) is 9.80 Å². The topological polar surface area (TPSA) is 85.3 Å². The van der Waals surface area contributed by atoms with Crippen LogP contribution in [0.2, 0.25) is 0 Å². The SMILES string of the molecule is Cc1cc(/C(N)=N/O)ccc1CN1CCN(CCO)CC1. The lowest BCUT2D eigenvalue weighted by Crippen LogP contribution is -2.46. The first-order valence-corrected chi connectivity index (χ1v) is 7.27. The molecule has 6 heteroatoms. The molecule has 1 fully saturated rings. The van der Waals surface area contributed by atoms with Crippen molar-refractivity contribution in [2.75, 3.05) is 39.3 Å². The van der Waals surface area contributed by atoms with E-state index >= 15 is 0 Å². The van der Waals surface area contributed by atoms with E-state index in [2.05, 4.69) is 15.0 Å². The fraction of sp³-hybridized carbons (Fsp3) is 0.533. The van der Waals surface area contributed by atoms with Gasteiger partial charge in [0.2, 0.25) is 0 Å². The summed E-state index contributed by atoms with van der Waals surface area (Å²) < 4.78 is 0. The standard InChI is InChI=1S/C15H24N4O2/c1-12-10-13(15(16)17-21)2-3-14(12)11-19-6-4-18(5-7-19)8-9-20/h2-3,10,20-21H,4-9,11H2,1H3,(H2,16,17). The van der Waals surface area contributed by atoms with Crippen LogP contribution in [0, 0.1) is 6.92 Å². The van der Waals surface area contributed by atoms with Gasteiger partial charge < -0.3 is 16.0 Å². The molecule has 0 atom stereocenters. The van der Waals surface area contributed by atoms with Crippen molar-refractivity contribution in [3.05, 3.63) is 34.9 Å². The normalized spacial score (nSPS) is 18.1. The predicted molar refractivity (Wildman–Crippen MR) is 82.5 cm³/mol. The number of β-amino-alcohol motifs (C(OH)–C–C–N with tert-alkyl or cyclic N) is 1. The molecule has 0 spiro atoms. The molecule has 1 heterocycles. The third kappa shape index (κ3) is 4.17. The highest BCUT2D eigenvalue weighted by molar-refractivity contribution is 5.97. The van der Waals surface area contributed by atoms with Gasteiger partial charge in [-0.05, 0) is 24.1 Å². The highest BCUT2D eigenvalue weighted by Gasteiger charge is 2.17. The van der Waals surface area contributed by atoms with Crippen molar-refractivity contribution in [2.24, 2.45) is 10.9 Å². The largest absolute Gasteiger partial charge is 0.409 e. The van der Waals surface area contributed by atoms with E-state index in [0.29, 0.717) is 0 Å². The number of hydrogen-bond donors (Lipinski definition) is 3. The molecule has 0 aromatic heterocycles. The third-order valence-electron chi connectivity index (χ3n) is 4.02. The molecule has 1 aliphatic rings. The summed E-state index contributed by atoms with van der Waals surface area (Å²) in [6.07, 6.45) is 0. The van der Waals surface area contributed by atoms with E-state index in [9.17, 15) is 0 Å². The third-order valence-corrected chi connectivity index (χ3v) is 4.02. The molecule has 1 saturated heterocycles. The zero-order chi connectivity index (χ0) is 15.2. The fourth-order valence-corrected chi connectivity index (χ4v) is 2.64. The molecule has 1 aromatic rings. The van der Waals surface area contributed by atoms with E-state index in [1.54, 1.807) is 0 Å². The second kappa shape index (κ2) is 7.40. The maximum atomic E-state index is 8.95. The highest BCUT2D eigenvalue weighted by Crippen LogP contribution is 2.15. The minimum atomic E-state index is 0.141. The molecule has 21 heavy (non-hydrogen) atoms. The monoisotopic (exact) mass is 292 g/mol. The lowest BCUT2D eigenvalue weighted by atomic mass is 10.0. The summed E-state index contributed by atoms with van der Waals surface area (Å²) in [6.45, 7) is 7.99. The van der Waals surface area contributed by atoms with Gasteiger partial charge in [-0.15, -0.1) is 0 Å². The number of benzene rings is 1. The Bertz CT molecular complexity index is 496. The van der Waals surface area contributed by atoms with Crippen LogP contribution in [0.5, 0.6) is 0 Å². The van der Waals surface area contributed by atoms with Crippen molar-refractivity contribution < 1.29 is 10.3 Å². The Morgan fingerprint density at radius 3 is 2.48 bits per heavy atom. The van der Waals surface area contributed by atoms with Gasteiger partial charge in [0.1, 0.15) is 0 Å². The molecule has 0 amide bonds. The van der Waals surface area contributed by atoms with Crippen LogP contribution >= 0.6 is 0 Å². The number of aliphatic hydroxyl groups is 1. The Labute approximate surface area is 125 Å². The number of nitrogens with zero attached hydrogens (tertiary/aromatic N) is 3.